The molecule has 0 spiro atoms. The maximum Gasteiger partial charge on any atom is 0.178 e. The van der Waals surface area contributed by atoms with E-state index in [1.165, 1.54) is 36.1 Å². The summed E-state index contributed by atoms with van der Waals surface area (Å²) in [6.45, 7) is 2.01. The lowest BCUT2D eigenvalue weighted by molar-refractivity contribution is 0.709. The molecule has 0 N–H and O–H groups in total. The van der Waals surface area contributed by atoms with Gasteiger partial charge in [-0.25, -0.2) is 15.0 Å². The van der Waals surface area contributed by atoms with Crippen LogP contribution in [0.1, 0.15) is 36.2 Å². The minimum absolute atomic E-state index is 0.748. The van der Waals surface area contributed by atoms with Crippen LogP contribution in [0, 0.1) is 6.92 Å². The summed E-state index contributed by atoms with van der Waals surface area (Å²) in [7, 11) is 0. The van der Waals surface area contributed by atoms with Gasteiger partial charge in [0.05, 0.1) is 5.69 Å². The number of hydrogen-bond donors (Lipinski definition) is 0. The molecule has 0 amide bonds. The number of nitrogens with zero attached hydrogens (tertiary/aromatic N) is 3. The van der Waals surface area contributed by atoms with E-state index < -0.39 is 0 Å². The topological polar surface area (TPSA) is 38.7 Å². The Morgan fingerprint density at radius 3 is 2.42 bits per heavy atom. The molecule has 0 aliphatic heterocycles. The second kappa shape index (κ2) is 6.52. The van der Waals surface area contributed by atoms with Crippen molar-refractivity contribution in [3.63, 3.8) is 0 Å². The van der Waals surface area contributed by atoms with Gasteiger partial charge in [0, 0.05) is 22.5 Å². The first-order chi connectivity index (χ1) is 11.8. The summed E-state index contributed by atoms with van der Waals surface area (Å²) in [6.07, 6.45) is 5.80. The standard InChI is InChI=1S/C21H21N3/c1-15-9-8-14-19(22-15)21-23-18-13-7-3-6-12-17(18)20(24-21)16-10-4-2-5-11-16/h2,4-5,8-11,14H,3,6-7,12-13H2,1H3. The first kappa shape index (κ1) is 15.0. The van der Waals surface area contributed by atoms with E-state index in [0.29, 0.717) is 0 Å². The Balaban J connectivity index is 1.92. The maximum absolute atomic E-state index is 4.94. The van der Waals surface area contributed by atoms with Gasteiger partial charge < -0.3 is 0 Å². The largest absolute Gasteiger partial charge is 0.250 e. The van der Waals surface area contributed by atoms with Crippen molar-refractivity contribution in [2.24, 2.45) is 0 Å². The van der Waals surface area contributed by atoms with E-state index in [0.717, 1.165) is 35.7 Å². The van der Waals surface area contributed by atoms with Gasteiger partial charge in [-0.1, -0.05) is 42.8 Å². The van der Waals surface area contributed by atoms with Gasteiger partial charge in [0.15, 0.2) is 5.82 Å². The first-order valence-electron chi connectivity index (χ1n) is 8.70. The van der Waals surface area contributed by atoms with Crippen molar-refractivity contribution in [1.82, 2.24) is 15.0 Å². The van der Waals surface area contributed by atoms with Gasteiger partial charge >= 0.3 is 0 Å². The number of benzene rings is 1. The smallest absolute Gasteiger partial charge is 0.178 e. The van der Waals surface area contributed by atoms with Crippen LogP contribution in [-0.2, 0) is 12.8 Å². The van der Waals surface area contributed by atoms with Crippen molar-refractivity contribution in [3.8, 4) is 22.8 Å². The molecule has 3 nitrogen and oxygen atoms in total. The fourth-order valence-corrected chi connectivity index (χ4v) is 3.39. The Hall–Kier alpha value is -2.55. The molecule has 0 radical (unpaired) electrons. The Labute approximate surface area is 142 Å². The predicted molar refractivity (Wildman–Crippen MR) is 96.7 cm³/mol. The van der Waals surface area contributed by atoms with Crippen LogP contribution < -0.4 is 0 Å². The van der Waals surface area contributed by atoms with E-state index in [-0.39, 0.29) is 0 Å². The predicted octanol–water partition coefficient (Wildman–Crippen LogP) is 4.78. The molecule has 1 aliphatic carbocycles. The lowest BCUT2D eigenvalue weighted by Gasteiger charge is -2.13. The van der Waals surface area contributed by atoms with Gasteiger partial charge in [-0.15, -0.1) is 0 Å². The minimum Gasteiger partial charge on any atom is -0.250 e. The molecule has 1 aliphatic rings. The van der Waals surface area contributed by atoms with Crippen LogP contribution in [0.25, 0.3) is 22.8 Å². The molecular weight excluding hydrogens is 294 g/mol. The summed E-state index contributed by atoms with van der Waals surface area (Å²) in [4.78, 5) is 14.5. The molecule has 0 saturated heterocycles. The van der Waals surface area contributed by atoms with Crippen LogP contribution in [0.4, 0.5) is 0 Å². The highest BCUT2D eigenvalue weighted by atomic mass is 14.9. The van der Waals surface area contributed by atoms with Gasteiger partial charge in [0.2, 0.25) is 0 Å². The number of rotatable bonds is 2. The molecule has 0 unspecified atom stereocenters. The maximum atomic E-state index is 4.94. The third-order valence-corrected chi connectivity index (χ3v) is 4.60. The summed E-state index contributed by atoms with van der Waals surface area (Å²) in [5.74, 6) is 0.748. The van der Waals surface area contributed by atoms with Crippen LogP contribution in [0.5, 0.6) is 0 Å². The van der Waals surface area contributed by atoms with Crippen molar-refractivity contribution in [1.29, 1.82) is 0 Å². The molecule has 120 valence electrons. The second-order valence-corrected chi connectivity index (χ2v) is 6.41. The highest BCUT2D eigenvalue weighted by Gasteiger charge is 2.18. The Bertz CT molecular complexity index is 856. The molecule has 24 heavy (non-hydrogen) atoms. The molecule has 0 saturated carbocycles. The highest BCUT2D eigenvalue weighted by molar-refractivity contribution is 5.67. The third kappa shape index (κ3) is 2.94. The van der Waals surface area contributed by atoms with Crippen molar-refractivity contribution in [2.45, 2.75) is 39.0 Å². The fraction of sp³-hybridized carbons (Fsp3) is 0.286. The van der Waals surface area contributed by atoms with E-state index in [1.807, 2.05) is 31.2 Å². The molecule has 1 aromatic carbocycles. The zero-order valence-corrected chi connectivity index (χ0v) is 14.0. The molecular formula is C21H21N3. The van der Waals surface area contributed by atoms with Crippen molar-refractivity contribution >= 4 is 0 Å². The van der Waals surface area contributed by atoms with Crippen LogP contribution in [0.2, 0.25) is 0 Å². The zero-order chi connectivity index (χ0) is 16.4. The van der Waals surface area contributed by atoms with Gasteiger partial charge in [-0.3, -0.25) is 0 Å². The highest BCUT2D eigenvalue weighted by Crippen LogP contribution is 2.30. The number of aromatic nitrogens is 3. The number of hydrogen-bond acceptors (Lipinski definition) is 3. The summed E-state index contributed by atoms with van der Waals surface area (Å²) >= 11 is 0. The van der Waals surface area contributed by atoms with E-state index in [2.05, 4.69) is 29.2 Å². The zero-order valence-electron chi connectivity index (χ0n) is 14.0. The normalized spacial score (nSPS) is 14.0. The van der Waals surface area contributed by atoms with Crippen molar-refractivity contribution < 1.29 is 0 Å². The van der Waals surface area contributed by atoms with Crippen molar-refractivity contribution in [2.75, 3.05) is 0 Å². The van der Waals surface area contributed by atoms with E-state index in [4.69, 9.17) is 9.97 Å². The van der Waals surface area contributed by atoms with Crippen LogP contribution in [0.3, 0.4) is 0 Å². The lowest BCUT2D eigenvalue weighted by Crippen LogP contribution is -2.05. The fourth-order valence-electron chi connectivity index (χ4n) is 3.39. The van der Waals surface area contributed by atoms with Gasteiger partial charge in [-0.2, -0.15) is 0 Å². The van der Waals surface area contributed by atoms with Crippen LogP contribution in [-0.4, -0.2) is 15.0 Å². The summed E-state index contributed by atoms with van der Waals surface area (Å²) < 4.78 is 0. The van der Waals surface area contributed by atoms with Crippen LogP contribution >= 0.6 is 0 Å². The summed E-state index contributed by atoms with van der Waals surface area (Å²) in [6, 6.07) is 16.5. The number of pyridine rings is 1. The van der Waals surface area contributed by atoms with E-state index >= 15 is 0 Å². The Morgan fingerprint density at radius 1 is 0.750 bits per heavy atom. The first-order valence-corrected chi connectivity index (χ1v) is 8.70. The Morgan fingerprint density at radius 2 is 1.58 bits per heavy atom. The van der Waals surface area contributed by atoms with Gasteiger partial charge in [-0.05, 0) is 44.7 Å². The monoisotopic (exact) mass is 315 g/mol. The molecule has 2 heterocycles. The average Bonchev–Trinajstić information content (AvgIpc) is 2.87. The van der Waals surface area contributed by atoms with E-state index in [1.54, 1.807) is 0 Å². The molecule has 2 aromatic heterocycles. The summed E-state index contributed by atoms with van der Waals surface area (Å²) in [5, 5.41) is 0. The van der Waals surface area contributed by atoms with Gasteiger partial charge in [0.1, 0.15) is 5.69 Å². The molecule has 4 rings (SSSR count). The number of aryl methyl sites for hydroxylation is 2. The molecule has 0 fully saturated rings. The van der Waals surface area contributed by atoms with Crippen LogP contribution in [0.15, 0.2) is 48.5 Å². The van der Waals surface area contributed by atoms with Crippen molar-refractivity contribution in [3.05, 3.63) is 65.5 Å². The molecule has 3 aromatic rings. The second-order valence-electron chi connectivity index (χ2n) is 6.41. The third-order valence-electron chi connectivity index (χ3n) is 4.60. The molecule has 3 heteroatoms. The quantitative estimate of drug-likeness (QED) is 0.639. The SMILES string of the molecule is Cc1cccc(-c2nc3c(c(-c4ccccc4)n2)CCCCC3)n1. The molecule has 0 atom stereocenters. The summed E-state index contributed by atoms with van der Waals surface area (Å²) in [5.41, 5.74) is 6.65. The number of fused-ring (bicyclic) bond motifs is 1. The Kier molecular flexibility index (Phi) is 4.08. The van der Waals surface area contributed by atoms with E-state index in [9.17, 15) is 0 Å². The minimum atomic E-state index is 0.748. The molecule has 0 bridgehead atoms. The van der Waals surface area contributed by atoms with Gasteiger partial charge in [0.25, 0.3) is 0 Å². The average molecular weight is 315 g/mol. The lowest BCUT2D eigenvalue weighted by atomic mass is 10.0.